The van der Waals surface area contributed by atoms with Crippen LogP contribution in [-0.2, 0) is 0 Å². The van der Waals surface area contributed by atoms with Crippen LogP contribution in [0.3, 0.4) is 0 Å². The zero-order valence-corrected chi connectivity index (χ0v) is 5.77. The fourth-order valence-electron chi connectivity index (χ4n) is 0.228. The average Bonchev–Trinajstić information content (AvgIpc) is 2.06. The molecule has 0 nitrogen and oxygen atoms in total. The molecule has 0 aromatic carbocycles. The first-order chi connectivity index (χ1) is 2.80. The Kier molecular flexibility index (Phi) is 1.63. The van der Waals surface area contributed by atoms with Crippen LogP contribution in [0.25, 0.3) is 0 Å². The van der Waals surface area contributed by atoms with Crippen molar-refractivity contribution in [2.75, 3.05) is 5.75 Å². The second-order valence-electron chi connectivity index (χ2n) is 1.29. The third kappa shape index (κ3) is 1.28. The summed E-state index contributed by atoms with van der Waals surface area (Å²) in [5, 5.41) is 0.747. The van der Waals surface area contributed by atoms with Gasteiger partial charge in [0.1, 0.15) is 0 Å². The molecule has 0 amide bonds. The largest absolute Gasteiger partial charge is 0.164 e. The highest BCUT2D eigenvalue weighted by Gasteiger charge is 2.26. The van der Waals surface area contributed by atoms with Crippen molar-refractivity contribution in [1.29, 1.82) is 0 Å². The van der Waals surface area contributed by atoms with Gasteiger partial charge in [-0.25, -0.2) is 0 Å². The first kappa shape index (κ1) is 5.19. The lowest BCUT2D eigenvalue weighted by Crippen LogP contribution is -1.93. The monoisotopic (exact) mass is 138 g/mol. The Bertz CT molecular complexity index is 48.0. The fourth-order valence-corrected chi connectivity index (χ4v) is 1.72. The summed E-state index contributed by atoms with van der Waals surface area (Å²) in [6.45, 7) is 0. The third-order valence-corrected chi connectivity index (χ3v) is 2.81. The normalized spacial score (nSPS) is 31.5. The maximum atomic E-state index is 4.10. The van der Waals surface area contributed by atoms with Gasteiger partial charge >= 0.3 is 0 Å². The van der Waals surface area contributed by atoms with Crippen LogP contribution in [0, 0.1) is 0 Å². The molecule has 6 heavy (non-hydrogen) atoms. The minimum absolute atomic E-state index is 0.315. The number of thioether (sulfide) groups is 1. The van der Waals surface area contributed by atoms with E-state index in [4.69, 9.17) is 0 Å². The first-order valence-corrected chi connectivity index (χ1v) is 3.86. The van der Waals surface area contributed by atoms with E-state index < -0.39 is 0 Å². The van der Waals surface area contributed by atoms with Gasteiger partial charge < -0.3 is 0 Å². The van der Waals surface area contributed by atoms with Crippen LogP contribution in [-0.4, -0.2) is 15.6 Å². The summed E-state index contributed by atoms with van der Waals surface area (Å²) < 4.78 is 0.315. The summed E-state index contributed by atoms with van der Waals surface area (Å²) in [5.41, 5.74) is 0. The molecule has 1 saturated heterocycles. The number of rotatable bonds is 1. The second-order valence-corrected chi connectivity index (χ2v) is 4.08. The minimum Gasteiger partial charge on any atom is -0.164 e. The summed E-state index contributed by atoms with van der Waals surface area (Å²) in [7, 11) is 0. The Hall–Kier alpha value is 1.05. The van der Waals surface area contributed by atoms with E-state index in [9.17, 15) is 0 Å². The molecule has 0 saturated carbocycles. The molecule has 0 radical (unpaired) electrons. The standard InChI is InChI=1S/C3H6S3/c4-3(5)2-1-6-2/h2-5H,1H2. The second kappa shape index (κ2) is 1.88. The van der Waals surface area contributed by atoms with E-state index in [1.165, 1.54) is 5.75 Å². The predicted molar refractivity (Wildman–Crippen MR) is 38.0 cm³/mol. The van der Waals surface area contributed by atoms with Gasteiger partial charge in [0.25, 0.3) is 0 Å². The Balaban J connectivity index is 2.13. The number of thiol groups is 2. The van der Waals surface area contributed by atoms with E-state index in [0.29, 0.717) is 4.58 Å². The lowest BCUT2D eigenvalue weighted by atomic mass is 10.6. The molecule has 1 aliphatic rings. The van der Waals surface area contributed by atoms with E-state index in [2.05, 4.69) is 25.3 Å². The SMILES string of the molecule is SC(S)C1CS1. The maximum Gasteiger partial charge on any atom is 0.0568 e. The molecular weight excluding hydrogens is 132 g/mol. The Morgan fingerprint density at radius 3 is 2.17 bits per heavy atom. The molecule has 0 aromatic rings. The predicted octanol–water partition coefficient (Wildman–Crippen LogP) is 1.29. The van der Waals surface area contributed by atoms with E-state index in [0.717, 1.165) is 5.25 Å². The van der Waals surface area contributed by atoms with Crippen molar-refractivity contribution in [3.8, 4) is 0 Å². The molecule has 1 atom stereocenters. The Labute approximate surface area is 52.9 Å². The van der Waals surface area contributed by atoms with Gasteiger partial charge in [0.2, 0.25) is 0 Å². The van der Waals surface area contributed by atoms with E-state index in [-0.39, 0.29) is 0 Å². The van der Waals surface area contributed by atoms with Crippen molar-refractivity contribution in [3.05, 3.63) is 0 Å². The molecular formula is C3H6S3. The zero-order valence-electron chi connectivity index (χ0n) is 3.16. The minimum atomic E-state index is 0.315. The van der Waals surface area contributed by atoms with Crippen molar-refractivity contribution >= 4 is 37.0 Å². The van der Waals surface area contributed by atoms with Gasteiger partial charge in [0.05, 0.1) is 4.58 Å². The van der Waals surface area contributed by atoms with Gasteiger partial charge in [-0.1, -0.05) is 0 Å². The van der Waals surface area contributed by atoms with Crippen molar-refractivity contribution in [2.45, 2.75) is 9.83 Å². The highest BCUT2D eigenvalue weighted by molar-refractivity contribution is 8.10. The molecule has 1 rings (SSSR count). The first-order valence-electron chi connectivity index (χ1n) is 1.78. The van der Waals surface area contributed by atoms with Crippen LogP contribution in [0.5, 0.6) is 0 Å². The molecule has 0 aromatic heterocycles. The smallest absolute Gasteiger partial charge is 0.0568 e. The van der Waals surface area contributed by atoms with Crippen LogP contribution in [0.15, 0.2) is 0 Å². The molecule has 3 heteroatoms. The molecule has 1 aliphatic heterocycles. The van der Waals surface area contributed by atoms with Gasteiger partial charge in [-0.3, -0.25) is 0 Å². The van der Waals surface area contributed by atoms with Gasteiger partial charge in [0.15, 0.2) is 0 Å². The molecule has 0 bridgehead atoms. The Morgan fingerprint density at radius 2 is 2.17 bits per heavy atom. The summed E-state index contributed by atoms with van der Waals surface area (Å²) in [6, 6.07) is 0. The topological polar surface area (TPSA) is 0 Å². The molecule has 0 aliphatic carbocycles. The zero-order chi connectivity index (χ0) is 4.57. The van der Waals surface area contributed by atoms with E-state index >= 15 is 0 Å². The van der Waals surface area contributed by atoms with E-state index in [1.54, 1.807) is 0 Å². The molecule has 1 unspecified atom stereocenters. The quantitative estimate of drug-likeness (QED) is 0.313. The van der Waals surface area contributed by atoms with Crippen LogP contribution in [0.4, 0.5) is 0 Å². The van der Waals surface area contributed by atoms with E-state index in [1.807, 2.05) is 11.8 Å². The molecule has 1 fully saturated rings. The highest BCUT2D eigenvalue weighted by Crippen LogP contribution is 2.36. The number of hydrogen-bond donors (Lipinski definition) is 2. The molecule has 0 spiro atoms. The Morgan fingerprint density at radius 1 is 1.67 bits per heavy atom. The van der Waals surface area contributed by atoms with Crippen molar-refractivity contribution in [2.24, 2.45) is 0 Å². The fraction of sp³-hybridized carbons (Fsp3) is 1.00. The highest BCUT2D eigenvalue weighted by atomic mass is 32.2. The van der Waals surface area contributed by atoms with Crippen LogP contribution < -0.4 is 0 Å². The van der Waals surface area contributed by atoms with Crippen LogP contribution in [0.1, 0.15) is 0 Å². The average molecular weight is 138 g/mol. The van der Waals surface area contributed by atoms with Crippen molar-refractivity contribution in [3.63, 3.8) is 0 Å². The molecule has 36 valence electrons. The summed E-state index contributed by atoms with van der Waals surface area (Å²) in [4.78, 5) is 0. The van der Waals surface area contributed by atoms with Gasteiger partial charge in [-0.2, -0.15) is 37.0 Å². The summed E-state index contributed by atoms with van der Waals surface area (Å²) >= 11 is 10.1. The van der Waals surface area contributed by atoms with Gasteiger partial charge in [-0.05, 0) is 0 Å². The van der Waals surface area contributed by atoms with Crippen LogP contribution >= 0.6 is 37.0 Å². The summed E-state index contributed by atoms with van der Waals surface area (Å²) in [6.07, 6.45) is 0. The molecule has 1 heterocycles. The lowest BCUT2D eigenvalue weighted by Gasteiger charge is -1.90. The van der Waals surface area contributed by atoms with Gasteiger partial charge in [0, 0.05) is 11.0 Å². The molecule has 0 N–H and O–H groups in total. The summed E-state index contributed by atoms with van der Waals surface area (Å²) in [5.74, 6) is 1.26. The lowest BCUT2D eigenvalue weighted by molar-refractivity contribution is 1.22. The maximum absolute atomic E-state index is 4.10. The number of hydrogen-bond acceptors (Lipinski definition) is 3. The van der Waals surface area contributed by atoms with Crippen LogP contribution in [0.2, 0.25) is 0 Å². The van der Waals surface area contributed by atoms with Crippen molar-refractivity contribution in [1.82, 2.24) is 0 Å². The van der Waals surface area contributed by atoms with Gasteiger partial charge in [-0.15, -0.1) is 0 Å². The van der Waals surface area contributed by atoms with Crippen molar-refractivity contribution < 1.29 is 0 Å². The third-order valence-electron chi connectivity index (χ3n) is 0.692.